The highest BCUT2D eigenvalue weighted by atomic mass is 16.5. The number of rotatable bonds is 7. The van der Waals surface area contributed by atoms with Crippen LogP contribution in [0.25, 0.3) is 0 Å². The maximum Gasteiger partial charge on any atom is 0.305 e. The third-order valence-electron chi connectivity index (χ3n) is 3.27. The molecule has 100 valence electrons. The molecule has 1 unspecified atom stereocenters. The van der Waals surface area contributed by atoms with Crippen molar-refractivity contribution < 1.29 is 9.53 Å². The van der Waals surface area contributed by atoms with Crippen LogP contribution >= 0.6 is 0 Å². The van der Waals surface area contributed by atoms with Gasteiger partial charge in [-0.1, -0.05) is 6.42 Å². The van der Waals surface area contributed by atoms with Crippen molar-refractivity contribution in [2.24, 2.45) is 0 Å². The first-order valence-electron chi connectivity index (χ1n) is 6.84. The van der Waals surface area contributed by atoms with E-state index in [0.717, 1.165) is 39.0 Å². The van der Waals surface area contributed by atoms with Crippen LogP contribution in [0.3, 0.4) is 0 Å². The molecule has 0 bridgehead atoms. The summed E-state index contributed by atoms with van der Waals surface area (Å²) in [5, 5.41) is 3.39. The Balaban J connectivity index is 1.98. The summed E-state index contributed by atoms with van der Waals surface area (Å²) in [5.74, 6) is -0.0527. The fourth-order valence-corrected chi connectivity index (χ4v) is 2.21. The van der Waals surface area contributed by atoms with Crippen molar-refractivity contribution in [3.05, 3.63) is 0 Å². The van der Waals surface area contributed by atoms with Gasteiger partial charge in [-0.2, -0.15) is 0 Å². The smallest absolute Gasteiger partial charge is 0.305 e. The van der Waals surface area contributed by atoms with Crippen molar-refractivity contribution >= 4 is 5.97 Å². The van der Waals surface area contributed by atoms with E-state index in [1.165, 1.54) is 6.42 Å². The quantitative estimate of drug-likeness (QED) is 0.541. The molecule has 1 fully saturated rings. The van der Waals surface area contributed by atoms with Crippen molar-refractivity contribution in [2.75, 3.05) is 32.8 Å². The van der Waals surface area contributed by atoms with Crippen LogP contribution in [0.5, 0.6) is 0 Å². The molecule has 1 atom stereocenters. The minimum absolute atomic E-state index is 0.0527. The Morgan fingerprint density at radius 2 is 2.24 bits per heavy atom. The van der Waals surface area contributed by atoms with Gasteiger partial charge in [-0.15, -0.1) is 0 Å². The van der Waals surface area contributed by atoms with Crippen LogP contribution in [0.4, 0.5) is 0 Å². The summed E-state index contributed by atoms with van der Waals surface area (Å²) < 4.78 is 4.90. The fraction of sp³-hybridized carbons (Fsp3) is 0.923. The lowest BCUT2D eigenvalue weighted by molar-refractivity contribution is -0.143. The monoisotopic (exact) mass is 242 g/mol. The molecule has 17 heavy (non-hydrogen) atoms. The minimum atomic E-state index is -0.0527. The van der Waals surface area contributed by atoms with Crippen LogP contribution < -0.4 is 5.32 Å². The first kappa shape index (κ1) is 14.5. The zero-order valence-electron chi connectivity index (χ0n) is 11.2. The van der Waals surface area contributed by atoms with Gasteiger partial charge in [-0.05, 0) is 33.2 Å². The third kappa shape index (κ3) is 6.03. The van der Waals surface area contributed by atoms with Crippen LogP contribution in [-0.4, -0.2) is 49.7 Å². The zero-order valence-corrected chi connectivity index (χ0v) is 11.2. The van der Waals surface area contributed by atoms with Crippen molar-refractivity contribution in [2.45, 2.75) is 45.6 Å². The molecule has 1 saturated heterocycles. The Bertz CT molecular complexity index is 221. The lowest BCUT2D eigenvalue weighted by Crippen LogP contribution is -2.49. The highest BCUT2D eigenvalue weighted by Gasteiger charge is 2.16. The van der Waals surface area contributed by atoms with Gasteiger partial charge < -0.3 is 10.1 Å². The first-order chi connectivity index (χ1) is 8.24. The van der Waals surface area contributed by atoms with E-state index in [9.17, 15) is 4.79 Å². The van der Waals surface area contributed by atoms with E-state index >= 15 is 0 Å². The molecule has 1 aliphatic heterocycles. The van der Waals surface area contributed by atoms with E-state index in [4.69, 9.17) is 4.74 Å². The van der Waals surface area contributed by atoms with E-state index in [2.05, 4.69) is 17.1 Å². The molecule has 0 aliphatic carbocycles. The summed E-state index contributed by atoms with van der Waals surface area (Å²) in [5.41, 5.74) is 0. The van der Waals surface area contributed by atoms with Gasteiger partial charge >= 0.3 is 5.97 Å². The van der Waals surface area contributed by atoms with Gasteiger partial charge in [-0.3, -0.25) is 9.69 Å². The summed E-state index contributed by atoms with van der Waals surface area (Å²) in [6, 6.07) is 0.647. The second-order valence-electron chi connectivity index (χ2n) is 4.70. The predicted molar refractivity (Wildman–Crippen MR) is 69.0 cm³/mol. The van der Waals surface area contributed by atoms with Crippen molar-refractivity contribution in [3.63, 3.8) is 0 Å². The van der Waals surface area contributed by atoms with Crippen LogP contribution in [-0.2, 0) is 9.53 Å². The van der Waals surface area contributed by atoms with Crippen molar-refractivity contribution in [3.8, 4) is 0 Å². The van der Waals surface area contributed by atoms with Crippen LogP contribution in [0.15, 0.2) is 0 Å². The standard InChI is InChI=1S/C13H26N2O2/c1-3-17-13(16)7-5-4-6-9-15-10-8-14-11-12(15)2/h12,14H,3-11H2,1-2H3. The van der Waals surface area contributed by atoms with Gasteiger partial charge in [0, 0.05) is 32.1 Å². The molecule has 0 radical (unpaired) electrons. The molecular weight excluding hydrogens is 216 g/mol. The lowest BCUT2D eigenvalue weighted by atomic mass is 10.1. The lowest BCUT2D eigenvalue weighted by Gasteiger charge is -2.33. The molecule has 0 spiro atoms. The molecule has 0 aromatic rings. The number of unbranched alkanes of at least 4 members (excludes halogenated alkanes) is 2. The molecule has 4 nitrogen and oxygen atoms in total. The second kappa shape index (κ2) is 8.48. The fourth-order valence-electron chi connectivity index (χ4n) is 2.21. The van der Waals surface area contributed by atoms with Crippen LogP contribution in [0.1, 0.15) is 39.5 Å². The third-order valence-corrected chi connectivity index (χ3v) is 3.27. The topological polar surface area (TPSA) is 41.6 Å². The number of esters is 1. The predicted octanol–water partition coefficient (Wildman–Crippen LogP) is 1.40. The maximum absolute atomic E-state index is 11.1. The molecule has 1 aliphatic rings. The number of nitrogens with one attached hydrogen (secondary N) is 1. The Morgan fingerprint density at radius 3 is 2.94 bits per heavy atom. The summed E-state index contributed by atoms with van der Waals surface area (Å²) in [6.07, 6.45) is 3.84. The Morgan fingerprint density at radius 1 is 1.41 bits per heavy atom. The van der Waals surface area contributed by atoms with E-state index in [1.54, 1.807) is 0 Å². The largest absolute Gasteiger partial charge is 0.466 e. The van der Waals surface area contributed by atoms with E-state index in [0.29, 0.717) is 19.1 Å². The number of carbonyl (C=O) groups excluding carboxylic acids is 1. The van der Waals surface area contributed by atoms with Crippen LogP contribution in [0.2, 0.25) is 0 Å². The van der Waals surface area contributed by atoms with Gasteiger partial charge in [-0.25, -0.2) is 0 Å². The number of piperazine rings is 1. The number of nitrogens with zero attached hydrogens (tertiary/aromatic N) is 1. The van der Waals surface area contributed by atoms with Gasteiger partial charge in [0.1, 0.15) is 0 Å². The van der Waals surface area contributed by atoms with Crippen molar-refractivity contribution in [1.82, 2.24) is 10.2 Å². The average molecular weight is 242 g/mol. The molecule has 0 saturated carbocycles. The SMILES string of the molecule is CCOC(=O)CCCCCN1CCNCC1C. The van der Waals surface area contributed by atoms with Gasteiger partial charge in [0.2, 0.25) is 0 Å². The molecule has 1 rings (SSSR count). The molecule has 1 N–H and O–H groups in total. The summed E-state index contributed by atoms with van der Waals surface area (Å²) >= 11 is 0. The number of ether oxygens (including phenoxy) is 1. The molecule has 0 aromatic carbocycles. The highest BCUT2D eigenvalue weighted by Crippen LogP contribution is 2.07. The minimum Gasteiger partial charge on any atom is -0.466 e. The molecule has 0 aromatic heterocycles. The zero-order chi connectivity index (χ0) is 12.5. The number of hydrogen-bond acceptors (Lipinski definition) is 4. The molecule has 0 amide bonds. The van der Waals surface area contributed by atoms with Crippen LogP contribution in [0, 0.1) is 0 Å². The average Bonchev–Trinajstić information content (AvgIpc) is 2.31. The highest BCUT2D eigenvalue weighted by molar-refractivity contribution is 5.69. The second-order valence-corrected chi connectivity index (χ2v) is 4.70. The molecular formula is C13H26N2O2. The van der Waals surface area contributed by atoms with E-state index in [-0.39, 0.29) is 5.97 Å². The molecule has 4 heteroatoms. The Hall–Kier alpha value is -0.610. The maximum atomic E-state index is 11.1. The normalized spacial score (nSPS) is 21.4. The summed E-state index contributed by atoms with van der Waals surface area (Å²) in [4.78, 5) is 13.6. The molecule has 1 heterocycles. The van der Waals surface area contributed by atoms with Gasteiger partial charge in [0.05, 0.1) is 6.61 Å². The summed E-state index contributed by atoms with van der Waals surface area (Å²) in [6.45, 7) is 9.13. The first-order valence-corrected chi connectivity index (χ1v) is 6.84. The van der Waals surface area contributed by atoms with Gasteiger partial charge in [0.15, 0.2) is 0 Å². The Labute approximate surface area is 105 Å². The van der Waals surface area contributed by atoms with E-state index in [1.807, 2.05) is 6.92 Å². The van der Waals surface area contributed by atoms with Crippen molar-refractivity contribution in [1.29, 1.82) is 0 Å². The number of carbonyl (C=O) groups is 1. The Kier molecular flexibility index (Phi) is 7.21. The summed E-state index contributed by atoms with van der Waals surface area (Å²) in [7, 11) is 0. The van der Waals surface area contributed by atoms with E-state index < -0.39 is 0 Å². The number of hydrogen-bond donors (Lipinski definition) is 1. The van der Waals surface area contributed by atoms with Gasteiger partial charge in [0.25, 0.3) is 0 Å².